The Morgan fingerprint density at radius 2 is 1.75 bits per heavy atom. The van der Waals surface area contributed by atoms with Crippen molar-refractivity contribution in [2.45, 2.75) is 39.2 Å². The summed E-state index contributed by atoms with van der Waals surface area (Å²) in [7, 11) is 0. The van der Waals surface area contributed by atoms with Crippen LogP contribution in [0.2, 0.25) is 0 Å². The zero-order valence-corrected chi connectivity index (χ0v) is 12.4. The number of ether oxygens (including phenoxy) is 1. The van der Waals surface area contributed by atoms with Crippen molar-refractivity contribution in [1.29, 1.82) is 0 Å². The molecule has 20 heavy (non-hydrogen) atoms. The molecule has 0 unspecified atom stereocenters. The molecular formula is C16H23NO3. The molecule has 0 saturated carbocycles. The second-order valence-electron chi connectivity index (χ2n) is 6.31. The van der Waals surface area contributed by atoms with Crippen LogP contribution in [0.3, 0.4) is 0 Å². The van der Waals surface area contributed by atoms with E-state index in [1.165, 1.54) is 0 Å². The van der Waals surface area contributed by atoms with Gasteiger partial charge >= 0.3 is 5.97 Å². The Hall–Kier alpha value is -1.71. The van der Waals surface area contributed by atoms with Crippen molar-refractivity contribution >= 4 is 11.7 Å². The minimum absolute atomic E-state index is 0.00240. The first-order valence-electron chi connectivity index (χ1n) is 7.12. The number of piperidine rings is 1. The van der Waals surface area contributed by atoms with Crippen LogP contribution in [-0.2, 0) is 9.53 Å². The summed E-state index contributed by atoms with van der Waals surface area (Å²) < 4.78 is 5.44. The predicted octanol–water partition coefficient (Wildman–Crippen LogP) is 2.95. The molecule has 1 aliphatic rings. The van der Waals surface area contributed by atoms with Gasteiger partial charge in [-0.15, -0.1) is 0 Å². The summed E-state index contributed by atoms with van der Waals surface area (Å²) in [6.07, 6.45) is 1.63. The molecule has 2 rings (SSSR count). The maximum atomic E-state index is 12.0. The summed E-state index contributed by atoms with van der Waals surface area (Å²) >= 11 is 0. The minimum atomic E-state index is -0.412. The second-order valence-corrected chi connectivity index (χ2v) is 6.31. The molecule has 1 fully saturated rings. The minimum Gasteiger partial charge on any atom is -0.508 e. The molecule has 0 bridgehead atoms. The van der Waals surface area contributed by atoms with Gasteiger partial charge in [0, 0.05) is 18.8 Å². The number of phenols is 1. The van der Waals surface area contributed by atoms with Crippen molar-refractivity contribution in [3.63, 3.8) is 0 Å². The molecular weight excluding hydrogens is 254 g/mol. The quantitative estimate of drug-likeness (QED) is 0.844. The molecule has 1 N–H and O–H groups in total. The summed E-state index contributed by atoms with van der Waals surface area (Å²) in [6, 6.07) is 7.19. The molecule has 0 spiro atoms. The number of anilines is 1. The smallest absolute Gasteiger partial charge is 0.309 e. The molecule has 1 aromatic rings. The third-order valence-corrected chi connectivity index (χ3v) is 3.45. The van der Waals surface area contributed by atoms with E-state index in [4.69, 9.17) is 4.74 Å². The standard InChI is InChI=1S/C16H23NO3/c1-16(2,3)20-15(19)12-8-10-17(11-9-12)13-4-6-14(18)7-5-13/h4-7,12,18H,8-11H2,1-3H3. The molecule has 0 aliphatic carbocycles. The number of phenolic OH excluding ortho intramolecular Hbond substituents is 1. The third kappa shape index (κ3) is 3.89. The first kappa shape index (κ1) is 14.7. The average molecular weight is 277 g/mol. The Morgan fingerprint density at radius 1 is 1.20 bits per heavy atom. The maximum Gasteiger partial charge on any atom is 0.309 e. The maximum absolute atomic E-state index is 12.0. The Bertz CT molecular complexity index is 454. The molecule has 110 valence electrons. The number of benzene rings is 1. The van der Waals surface area contributed by atoms with Gasteiger partial charge in [0.25, 0.3) is 0 Å². The fourth-order valence-electron chi connectivity index (χ4n) is 2.42. The lowest BCUT2D eigenvalue weighted by molar-refractivity contribution is -0.160. The van der Waals surface area contributed by atoms with E-state index < -0.39 is 5.60 Å². The van der Waals surface area contributed by atoms with E-state index in [1.807, 2.05) is 32.9 Å². The number of esters is 1. The van der Waals surface area contributed by atoms with Gasteiger partial charge in [-0.3, -0.25) is 4.79 Å². The summed E-state index contributed by atoms with van der Waals surface area (Å²) in [6.45, 7) is 7.38. The number of carbonyl (C=O) groups excluding carboxylic acids is 1. The van der Waals surface area contributed by atoms with E-state index in [9.17, 15) is 9.90 Å². The molecule has 1 aromatic carbocycles. The Balaban J connectivity index is 1.89. The predicted molar refractivity (Wildman–Crippen MR) is 78.9 cm³/mol. The van der Waals surface area contributed by atoms with Crippen LogP contribution in [0.5, 0.6) is 5.75 Å². The van der Waals surface area contributed by atoms with Gasteiger partial charge < -0.3 is 14.7 Å². The number of rotatable bonds is 2. The SMILES string of the molecule is CC(C)(C)OC(=O)C1CCN(c2ccc(O)cc2)CC1. The van der Waals surface area contributed by atoms with E-state index in [-0.39, 0.29) is 17.6 Å². The molecule has 0 atom stereocenters. The van der Waals surface area contributed by atoms with Gasteiger partial charge in [-0.1, -0.05) is 0 Å². The largest absolute Gasteiger partial charge is 0.508 e. The zero-order valence-electron chi connectivity index (χ0n) is 12.4. The van der Waals surface area contributed by atoms with Gasteiger partial charge in [0.1, 0.15) is 11.4 Å². The fourth-order valence-corrected chi connectivity index (χ4v) is 2.42. The van der Waals surface area contributed by atoms with E-state index in [0.29, 0.717) is 0 Å². The van der Waals surface area contributed by atoms with Crippen molar-refractivity contribution in [2.75, 3.05) is 18.0 Å². The summed E-state index contributed by atoms with van der Waals surface area (Å²) in [5.74, 6) is 0.197. The van der Waals surface area contributed by atoms with E-state index in [1.54, 1.807) is 12.1 Å². The highest BCUT2D eigenvalue weighted by Crippen LogP contribution is 2.26. The van der Waals surface area contributed by atoms with Gasteiger partial charge in [-0.25, -0.2) is 0 Å². The summed E-state index contributed by atoms with van der Waals surface area (Å²) in [4.78, 5) is 14.3. The van der Waals surface area contributed by atoms with Gasteiger partial charge in [-0.05, 0) is 57.9 Å². The highest BCUT2D eigenvalue weighted by molar-refractivity contribution is 5.73. The molecule has 1 aliphatic heterocycles. The van der Waals surface area contributed by atoms with Crippen molar-refractivity contribution in [1.82, 2.24) is 0 Å². The van der Waals surface area contributed by atoms with Gasteiger partial charge in [0.2, 0.25) is 0 Å². The van der Waals surface area contributed by atoms with E-state index in [0.717, 1.165) is 31.6 Å². The Kier molecular flexibility index (Phi) is 4.21. The highest BCUT2D eigenvalue weighted by atomic mass is 16.6. The lowest BCUT2D eigenvalue weighted by Crippen LogP contribution is -2.38. The molecule has 1 heterocycles. The van der Waals surface area contributed by atoms with Gasteiger partial charge in [0.05, 0.1) is 5.92 Å². The summed E-state index contributed by atoms with van der Waals surface area (Å²) in [5, 5.41) is 9.30. The molecule has 4 nitrogen and oxygen atoms in total. The van der Waals surface area contributed by atoms with Crippen LogP contribution in [0.25, 0.3) is 0 Å². The van der Waals surface area contributed by atoms with Crippen LogP contribution in [0.4, 0.5) is 5.69 Å². The summed E-state index contributed by atoms with van der Waals surface area (Å²) in [5.41, 5.74) is 0.677. The third-order valence-electron chi connectivity index (χ3n) is 3.45. The van der Waals surface area contributed by atoms with Crippen LogP contribution in [0.1, 0.15) is 33.6 Å². The second kappa shape index (κ2) is 5.73. The van der Waals surface area contributed by atoms with Crippen molar-refractivity contribution in [3.8, 4) is 5.75 Å². The highest BCUT2D eigenvalue weighted by Gasteiger charge is 2.29. The number of aromatic hydroxyl groups is 1. The fraction of sp³-hybridized carbons (Fsp3) is 0.562. The molecule has 0 amide bonds. The number of nitrogens with zero attached hydrogens (tertiary/aromatic N) is 1. The Labute approximate surface area is 120 Å². The van der Waals surface area contributed by atoms with Crippen LogP contribution in [0, 0.1) is 5.92 Å². The first-order valence-corrected chi connectivity index (χ1v) is 7.12. The normalized spacial score (nSPS) is 17.1. The lowest BCUT2D eigenvalue weighted by Gasteiger charge is -2.33. The number of carbonyl (C=O) groups is 1. The van der Waals surface area contributed by atoms with Crippen LogP contribution in [0.15, 0.2) is 24.3 Å². The van der Waals surface area contributed by atoms with Crippen LogP contribution in [-0.4, -0.2) is 29.8 Å². The first-order chi connectivity index (χ1) is 9.35. The van der Waals surface area contributed by atoms with Gasteiger partial charge in [0.15, 0.2) is 0 Å². The lowest BCUT2D eigenvalue weighted by atomic mass is 9.96. The number of hydrogen-bond acceptors (Lipinski definition) is 4. The van der Waals surface area contributed by atoms with Crippen LogP contribution < -0.4 is 4.90 Å². The molecule has 0 aromatic heterocycles. The van der Waals surface area contributed by atoms with Crippen molar-refractivity contribution in [3.05, 3.63) is 24.3 Å². The monoisotopic (exact) mass is 277 g/mol. The van der Waals surface area contributed by atoms with Gasteiger partial charge in [-0.2, -0.15) is 0 Å². The topological polar surface area (TPSA) is 49.8 Å². The number of hydrogen-bond donors (Lipinski definition) is 1. The Morgan fingerprint density at radius 3 is 2.25 bits per heavy atom. The average Bonchev–Trinajstić information content (AvgIpc) is 2.38. The van der Waals surface area contributed by atoms with E-state index >= 15 is 0 Å². The molecule has 1 saturated heterocycles. The van der Waals surface area contributed by atoms with Crippen LogP contribution >= 0.6 is 0 Å². The van der Waals surface area contributed by atoms with Crippen molar-refractivity contribution in [2.24, 2.45) is 5.92 Å². The van der Waals surface area contributed by atoms with E-state index in [2.05, 4.69) is 4.90 Å². The zero-order chi connectivity index (χ0) is 14.8. The van der Waals surface area contributed by atoms with Crippen molar-refractivity contribution < 1.29 is 14.6 Å². The molecule has 4 heteroatoms. The molecule has 0 radical (unpaired) electrons.